The van der Waals surface area contributed by atoms with E-state index < -0.39 is 0 Å². The zero-order valence-corrected chi connectivity index (χ0v) is 12.2. The number of hydrogen-bond acceptors (Lipinski definition) is 2. The zero-order chi connectivity index (χ0) is 12.7. The number of hydrogen-bond donors (Lipinski definition) is 1. The van der Waals surface area contributed by atoms with Crippen LogP contribution in [0.5, 0.6) is 0 Å². The summed E-state index contributed by atoms with van der Waals surface area (Å²) in [7, 11) is 0. The summed E-state index contributed by atoms with van der Waals surface area (Å²) in [5, 5.41) is 3.49. The van der Waals surface area contributed by atoms with Gasteiger partial charge in [0.05, 0.1) is 0 Å². The molecule has 0 aliphatic carbocycles. The van der Waals surface area contributed by atoms with Crippen molar-refractivity contribution in [3.63, 3.8) is 0 Å². The summed E-state index contributed by atoms with van der Waals surface area (Å²) in [5.74, 6) is 0.916. The zero-order valence-electron chi connectivity index (χ0n) is 10.7. The molecule has 0 unspecified atom stereocenters. The quantitative estimate of drug-likeness (QED) is 0.794. The lowest BCUT2D eigenvalue weighted by atomic mass is 10.1. The molecule has 0 heterocycles. The van der Waals surface area contributed by atoms with Crippen LogP contribution >= 0.6 is 23.4 Å². The van der Waals surface area contributed by atoms with Gasteiger partial charge in [-0.1, -0.05) is 29.8 Å². The van der Waals surface area contributed by atoms with Crippen molar-refractivity contribution in [2.24, 2.45) is 0 Å². The van der Waals surface area contributed by atoms with Gasteiger partial charge >= 0.3 is 0 Å². The van der Waals surface area contributed by atoms with Gasteiger partial charge in [-0.05, 0) is 38.5 Å². The van der Waals surface area contributed by atoms with Crippen LogP contribution in [0.25, 0.3) is 0 Å². The van der Waals surface area contributed by atoms with E-state index in [1.165, 1.54) is 10.5 Å². The Morgan fingerprint density at radius 1 is 1.35 bits per heavy atom. The van der Waals surface area contributed by atoms with E-state index in [0.29, 0.717) is 0 Å². The van der Waals surface area contributed by atoms with Crippen LogP contribution in [-0.4, -0.2) is 11.3 Å². The van der Waals surface area contributed by atoms with Crippen LogP contribution in [-0.2, 0) is 6.54 Å². The van der Waals surface area contributed by atoms with Crippen molar-refractivity contribution in [1.29, 1.82) is 0 Å². The van der Waals surface area contributed by atoms with Crippen molar-refractivity contribution in [3.05, 3.63) is 41.4 Å². The largest absolute Gasteiger partial charge is 0.308 e. The minimum Gasteiger partial charge on any atom is -0.308 e. The summed E-state index contributed by atoms with van der Waals surface area (Å²) in [6.07, 6.45) is 1.95. The molecule has 1 nitrogen and oxygen atoms in total. The molecule has 0 amide bonds. The molecule has 0 aliphatic heterocycles. The molecule has 1 aromatic carbocycles. The van der Waals surface area contributed by atoms with Crippen LogP contribution in [0.15, 0.2) is 40.8 Å². The normalized spacial score (nSPS) is 12.2. The SMILES string of the molecule is CC(C)(C)NCc1cccc(SCC=CCl)c1. The average molecular weight is 270 g/mol. The summed E-state index contributed by atoms with van der Waals surface area (Å²) in [6, 6.07) is 8.62. The van der Waals surface area contributed by atoms with E-state index in [4.69, 9.17) is 11.6 Å². The first-order valence-corrected chi connectivity index (χ1v) is 7.15. The minimum atomic E-state index is 0.157. The molecule has 0 radical (unpaired) electrons. The van der Waals surface area contributed by atoms with Gasteiger partial charge < -0.3 is 5.32 Å². The Labute approximate surface area is 114 Å². The van der Waals surface area contributed by atoms with Gasteiger partial charge in [-0.15, -0.1) is 11.8 Å². The molecule has 0 fully saturated rings. The Balaban J connectivity index is 2.53. The summed E-state index contributed by atoms with van der Waals surface area (Å²) >= 11 is 7.29. The molecule has 3 heteroatoms. The van der Waals surface area contributed by atoms with Crippen molar-refractivity contribution < 1.29 is 0 Å². The number of halogens is 1. The van der Waals surface area contributed by atoms with Crippen molar-refractivity contribution in [2.45, 2.75) is 37.8 Å². The first-order valence-electron chi connectivity index (χ1n) is 5.73. The van der Waals surface area contributed by atoms with E-state index in [1.54, 1.807) is 17.3 Å². The topological polar surface area (TPSA) is 12.0 Å². The Hall–Kier alpha value is -0.440. The van der Waals surface area contributed by atoms with Gasteiger partial charge in [-0.2, -0.15) is 0 Å². The summed E-state index contributed by atoms with van der Waals surface area (Å²) in [5.41, 5.74) is 3.04. The van der Waals surface area contributed by atoms with Crippen molar-refractivity contribution in [3.8, 4) is 0 Å². The van der Waals surface area contributed by atoms with Gasteiger partial charge in [-0.25, -0.2) is 0 Å². The lowest BCUT2D eigenvalue weighted by Crippen LogP contribution is -2.35. The Morgan fingerprint density at radius 2 is 2.12 bits per heavy atom. The second-order valence-electron chi connectivity index (χ2n) is 4.92. The highest BCUT2D eigenvalue weighted by Crippen LogP contribution is 2.19. The van der Waals surface area contributed by atoms with E-state index in [9.17, 15) is 0 Å². The Kier molecular flexibility index (Phi) is 6.10. The number of benzene rings is 1. The highest BCUT2D eigenvalue weighted by molar-refractivity contribution is 7.99. The molecule has 0 spiro atoms. The molecular formula is C14H20ClNS. The molecule has 0 aliphatic rings. The fourth-order valence-electron chi connectivity index (χ4n) is 1.29. The summed E-state index contributed by atoms with van der Waals surface area (Å²) in [6.45, 7) is 7.44. The minimum absolute atomic E-state index is 0.157. The third-order valence-corrected chi connectivity index (χ3v) is 3.28. The fourth-order valence-corrected chi connectivity index (χ4v) is 2.28. The lowest BCUT2D eigenvalue weighted by Gasteiger charge is -2.20. The van der Waals surface area contributed by atoms with Crippen LogP contribution in [0.3, 0.4) is 0 Å². The standard InChI is InChI=1S/C14H20ClNS/c1-14(2,3)16-11-12-6-4-7-13(10-12)17-9-5-8-15/h4-8,10,16H,9,11H2,1-3H3. The summed E-state index contributed by atoms with van der Waals surface area (Å²) < 4.78 is 0. The van der Waals surface area contributed by atoms with E-state index in [1.807, 2.05) is 6.08 Å². The maximum atomic E-state index is 5.50. The second kappa shape index (κ2) is 7.10. The molecule has 1 rings (SSSR count). The Morgan fingerprint density at radius 3 is 2.76 bits per heavy atom. The molecule has 1 aromatic rings. The first-order chi connectivity index (χ1) is 8.01. The smallest absolute Gasteiger partial charge is 0.0210 e. The third-order valence-electron chi connectivity index (χ3n) is 2.16. The number of rotatable bonds is 5. The van der Waals surface area contributed by atoms with E-state index in [-0.39, 0.29) is 5.54 Å². The van der Waals surface area contributed by atoms with E-state index in [0.717, 1.165) is 12.3 Å². The van der Waals surface area contributed by atoms with Crippen LogP contribution in [0.1, 0.15) is 26.3 Å². The van der Waals surface area contributed by atoms with Crippen LogP contribution in [0.4, 0.5) is 0 Å². The summed E-state index contributed by atoms with van der Waals surface area (Å²) in [4.78, 5) is 1.29. The third kappa shape index (κ3) is 6.77. The van der Waals surface area contributed by atoms with Gasteiger partial charge in [0.1, 0.15) is 0 Å². The molecule has 0 aromatic heterocycles. The van der Waals surface area contributed by atoms with Crippen molar-refractivity contribution >= 4 is 23.4 Å². The van der Waals surface area contributed by atoms with Crippen LogP contribution < -0.4 is 5.32 Å². The van der Waals surface area contributed by atoms with Gasteiger partial charge in [0.15, 0.2) is 0 Å². The Bertz CT molecular complexity index is 369. The molecule has 1 N–H and O–H groups in total. The molecule has 0 atom stereocenters. The number of thioether (sulfide) groups is 1. The average Bonchev–Trinajstić information content (AvgIpc) is 2.27. The predicted molar refractivity (Wildman–Crippen MR) is 78.8 cm³/mol. The number of nitrogens with one attached hydrogen (secondary N) is 1. The van der Waals surface area contributed by atoms with E-state index >= 15 is 0 Å². The van der Waals surface area contributed by atoms with Gasteiger partial charge in [0, 0.05) is 28.3 Å². The van der Waals surface area contributed by atoms with Gasteiger partial charge in [-0.3, -0.25) is 0 Å². The molecule has 94 valence electrons. The maximum Gasteiger partial charge on any atom is 0.0210 e. The van der Waals surface area contributed by atoms with Crippen molar-refractivity contribution in [1.82, 2.24) is 5.32 Å². The molecule has 0 bridgehead atoms. The van der Waals surface area contributed by atoms with Gasteiger partial charge in [0.2, 0.25) is 0 Å². The second-order valence-corrected chi connectivity index (χ2v) is 6.27. The van der Waals surface area contributed by atoms with Gasteiger partial charge in [0.25, 0.3) is 0 Å². The highest BCUT2D eigenvalue weighted by Gasteiger charge is 2.08. The fraction of sp³-hybridized carbons (Fsp3) is 0.429. The molecular weight excluding hydrogens is 250 g/mol. The monoisotopic (exact) mass is 269 g/mol. The molecule has 17 heavy (non-hydrogen) atoms. The van der Waals surface area contributed by atoms with Crippen molar-refractivity contribution in [2.75, 3.05) is 5.75 Å². The predicted octanol–water partition coefficient (Wildman–Crippen LogP) is 4.42. The molecule has 0 saturated carbocycles. The maximum absolute atomic E-state index is 5.50. The highest BCUT2D eigenvalue weighted by atomic mass is 35.5. The van der Waals surface area contributed by atoms with E-state index in [2.05, 4.69) is 50.4 Å². The van der Waals surface area contributed by atoms with Crippen LogP contribution in [0.2, 0.25) is 0 Å². The lowest BCUT2D eigenvalue weighted by molar-refractivity contribution is 0.424. The van der Waals surface area contributed by atoms with Crippen LogP contribution in [0, 0.1) is 0 Å². The molecule has 0 saturated heterocycles. The first kappa shape index (κ1) is 14.6.